The topological polar surface area (TPSA) is 104 Å². The third-order valence-corrected chi connectivity index (χ3v) is 6.45. The second kappa shape index (κ2) is 9.52. The van der Waals surface area contributed by atoms with Crippen LogP contribution in [0.4, 0.5) is 0 Å². The van der Waals surface area contributed by atoms with Gasteiger partial charge in [-0.25, -0.2) is 13.1 Å². The molecule has 1 fully saturated rings. The van der Waals surface area contributed by atoms with Gasteiger partial charge in [0, 0.05) is 18.9 Å². The van der Waals surface area contributed by atoms with Crippen LogP contribution in [0.5, 0.6) is 0 Å². The van der Waals surface area contributed by atoms with E-state index in [1.54, 1.807) is 24.3 Å². The number of carbonyl (C=O) groups is 2. The minimum absolute atomic E-state index is 0.0471. The molecule has 28 heavy (non-hydrogen) atoms. The van der Waals surface area contributed by atoms with Gasteiger partial charge in [0.2, 0.25) is 21.8 Å². The number of benzene rings is 1. The summed E-state index contributed by atoms with van der Waals surface area (Å²) in [4.78, 5) is 24.0. The summed E-state index contributed by atoms with van der Waals surface area (Å²) >= 11 is 0. The van der Waals surface area contributed by atoms with Gasteiger partial charge in [-0.05, 0) is 36.0 Å². The number of nitrogens with one attached hydrogen (secondary N) is 3. The lowest BCUT2D eigenvalue weighted by Gasteiger charge is -2.20. The van der Waals surface area contributed by atoms with E-state index >= 15 is 0 Å². The molecule has 156 valence electrons. The van der Waals surface area contributed by atoms with Crippen molar-refractivity contribution < 1.29 is 18.0 Å². The van der Waals surface area contributed by atoms with Gasteiger partial charge < -0.3 is 0 Å². The average molecular weight is 410 g/mol. The van der Waals surface area contributed by atoms with Crippen molar-refractivity contribution in [1.29, 1.82) is 0 Å². The Kier molecular flexibility index (Phi) is 7.60. The van der Waals surface area contributed by atoms with Gasteiger partial charge >= 0.3 is 0 Å². The Morgan fingerprint density at radius 2 is 1.61 bits per heavy atom. The maximum absolute atomic E-state index is 12.3. The summed E-state index contributed by atoms with van der Waals surface area (Å²) in [5.74, 6) is -0.661. The van der Waals surface area contributed by atoms with Crippen molar-refractivity contribution in [1.82, 2.24) is 15.6 Å². The molecule has 0 aromatic heterocycles. The Labute approximate surface area is 167 Å². The molecule has 0 saturated heterocycles. The minimum Gasteiger partial charge on any atom is -0.273 e. The fourth-order valence-electron chi connectivity index (χ4n) is 3.18. The summed E-state index contributed by atoms with van der Waals surface area (Å²) in [5, 5.41) is 0. The van der Waals surface area contributed by atoms with E-state index in [4.69, 9.17) is 0 Å². The zero-order chi connectivity index (χ0) is 20.8. The van der Waals surface area contributed by atoms with E-state index < -0.39 is 15.9 Å². The molecule has 1 aromatic rings. The lowest BCUT2D eigenvalue weighted by atomic mass is 9.87. The van der Waals surface area contributed by atoms with Gasteiger partial charge in [0.15, 0.2) is 0 Å². The van der Waals surface area contributed by atoms with Gasteiger partial charge in [-0.15, -0.1) is 0 Å². The molecule has 1 aromatic carbocycles. The van der Waals surface area contributed by atoms with Crippen molar-refractivity contribution in [3.63, 3.8) is 0 Å². The lowest BCUT2D eigenvalue weighted by Crippen LogP contribution is -2.45. The van der Waals surface area contributed by atoms with Crippen LogP contribution in [0.1, 0.15) is 64.9 Å². The van der Waals surface area contributed by atoms with Crippen LogP contribution >= 0.6 is 0 Å². The van der Waals surface area contributed by atoms with E-state index in [9.17, 15) is 18.0 Å². The summed E-state index contributed by atoms with van der Waals surface area (Å²) in [6, 6.07) is 6.71. The molecule has 0 radical (unpaired) electrons. The molecular weight excluding hydrogens is 378 g/mol. The van der Waals surface area contributed by atoms with Crippen molar-refractivity contribution in [2.24, 2.45) is 5.92 Å². The first-order chi connectivity index (χ1) is 13.1. The molecule has 2 rings (SSSR count). The molecule has 0 aliphatic heterocycles. The summed E-state index contributed by atoms with van der Waals surface area (Å²) in [6.07, 6.45) is 4.83. The summed E-state index contributed by atoms with van der Waals surface area (Å²) < 4.78 is 27.1. The molecule has 1 saturated carbocycles. The van der Waals surface area contributed by atoms with Crippen molar-refractivity contribution >= 4 is 21.8 Å². The van der Waals surface area contributed by atoms with Gasteiger partial charge in [-0.1, -0.05) is 52.2 Å². The molecule has 0 unspecified atom stereocenters. The molecule has 7 nitrogen and oxygen atoms in total. The SMILES string of the molecule is CC(C)(C)c1ccc(S(=O)(=O)NCCC(=O)NNC(=O)C2CCCCC2)cc1. The number of hydrogen-bond donors (Lipinski definition) is 3. The van der Waals surface area contributed by atoms with E-state index in [1.807, 2.05) is 0 Å². The molecule has 3 N–H and O–H groups in total. The van der Waals surface area contributed by atoms with Crippen LogP contribution in [0.2, 0.25) is 0 Å². The van der Waals surface area contributed by atoms with Crippen LogP contribution in [-0.2, 0) is 25.0 Å². The van der Waals surface area contributed by atoms with E-state index in [0.29, 0.717) is 0 Å². The zero-order valence-electron chi connectivity index (χ0n) is 16.9. The Morgan fingerprint density at radius 3 is 2.18 bits per heavy atom. The summed E-state index contributed by atoms with van der Waals surface area (Å²) in [6.45, 7) is 6.12. The Morgan fingerprint density at radius 1 is 1.00 bits per heavy atom. The number of hydrogen-bond acceptors (Lipinski definition) is 4. The van der Waals surface area contributed by atoms with E-state index in [1.165, 1.54) is 0 Å². The van der Waals surface area contributed by atoms with E-state index in [-0.39, 0.29) is 35.1 Å². The van der Waals surface area contributed by atoms with Gasteiger partial charge in [0.25, 0.3) is 0 Å². The average Bonchev–Trinajstić information content (AvgIpc) is 2.66. The highest BCUT2D eigenvalue weighted by Crippen LogP contribution is 2.24. The van der Waals surface area contributed by atoms with Crippen LogP contribution in [0, 0.1) is 5.92 Å². The largest absolute Gasteiger partial charge is 0.273 e. The first-order valence-electron chi connectivity index (χ1n) is 9.78. The predicted octanol–water partition coefficient (Wildman–Crippen LogP) is 2.38. The number of amides is 2. The van der Waals surface area contributed by atoms with Crippen molar-refractivity contribution in [3.05, 3.63) is 29.8 Å². The highest BCUT2D eigenvalue weighted by Gasteiger charge is 2.21. The molecule has 2 amide bonds. The highest BCUT2D eigenvalue weighted by molar-refractivity contribution is 7.89. The summed E-state index contributed by atoms with van der Waals surface area (Å²) in [5.41, 5.74) is 5.77. The third-order valence-electron chi connectivity index (χ3n) is 4.98. The first kappa shape index (κ1) is 22.4. The zero-order valence-corrected chi connectivity index (χ0v) is 17.7. The van der Waals surface area contributed by atoms with Crippen molar-refractivity contribution in [2.75, 3.05) is 6.54 Å². The number of sulfonamides is 1. The lowest BCUT2D eigenvalue weighted by molar-refractivity contribution is -0.131. The minimum atomic E-state index is -3.68. The quantitative estimate of drug-likeness (QED) is 0.628. The van der Waals surface area contributed by atoms with Crippen molar-refractivity contribution in [2.45, 2.75) is 69.6 Å². The number of carbonyl (C=O) groups excluding carboxylic acids is 2. The molecule has 8 heteroatoms. The Hall–Kier alpha value is -1.93. The fraction of sp³-hybridized carbons (Fsp3) is 0.600. The van der Waals surface area contributed by atoms with E-state index in [2.05, 4.69) is 36.3 Å². The highest BCUT2D eigenvalue weighted by atomic mass is 32.2. The molecule has 0 atom stereocenters. The maximum Gasteiger partial charge on any atom is 0.241 e. The number of rotatable bonds is 6. The van der Waals surface area contributed by atoms with Gasteiger partial charge in [0.05, 0.1) is 4.90 Å². The molecule has 0 bridgehead atoms. The van der Waals surface area contributed by atoms with Gasteiger partial charge in [-0.2, -0.15) is 0 Å². The summed E-state index contributed by atoms with van der Waals surface area (Å²) in [7, 11) is -3.68. The maximum atomic E-state index is 12.3. The fourth-order valence-corrected chi connectivity index (χ4v) is 4.21. The van der Waals surface area contributed by atoms with Gasteiger partial charge in [0.1, 0.15) is 0 Å². The third kappa shape index (κ3) is 6.60. The second-order valence-corrected chi connectivity index (χ2v) is 10.1. The van der Waals surface area contributed by atoms with Gasteiger partial charge in [-0.3, -0.25) is 20.4 Å². The molecule has 0 heterocycles. The van der Waals surface area contributed by atoms with Crippen molar-refractivity contribution in [3.8, 4) is 0 Å². The number of hydrazine groups is 1. The second-order valence-electron chi connectivity index (χ2n) is 8.29. The molecule has 0 spiro atoms. The molecule has 1 aliphatic carbocycles. The first-order valence-corrected chi connectivity index (χ1v) is 11.3. The van der Waals surface area contributed by atoms with Crippen LogP contribution in [0.15, 0.2) is 29.2 Å². The Balaban J connectivity index is 1.76. The van der Waals surface area contributed by atoms with Crippen LogP contribution in [0.3, 0.4) is 0 Å². The van der Waals surface area contributed by atoms with Crippen LogP contribution < -0.4 is 15.6 Å². The molecule has 1 aliphatic rings. The van der Waals surface area contributed by atoms with Crippen LogP contribution in [0.25, 0.3) is 0 Å². The van der Waals surface area contributed by atoms with Crippen LogP contribution in [-0.4, -0.2) is 26.8 Å². The smallest absolute Gasteiger partial charge is 0.241 e. The molecular formula is C20H31N3O4S. The standard InChI is InChI=1S/C20H31N3O4S/c1-20(2,3)16-9-11-17(12-10-16)28(26,27)21-14-13-18(24)22-23-19(25)15-7-5-4-6-8-15/h9-12,15,21H,4-8,13-14H2,1-3H3,(H,22,24)(H,23,25). The normalized spacial score (nSPS) is 15.8. The predicted molar refractivity (Wildman–Crippen MR) is 108 cm³/mol. The Bertz CT molecular complexity index is 777. The monoisotopic (exact) mass is 409 g/mol. The van der Waals surface area contributed by atoms with E-state index in [0.717, 1.165) is 37.7 Å².